The number of nitrogens with two attached hydrogens (primary N) is 1. The Morgan fingerprint density at radius 3 is 2.85 bits per heavy atom. The molecule has 3 heterocycles. The van der Waals surface area contributed by atoms with Gasteiger partial charge in [0.05, 0.1) is 12.0 Å². The van der Waals surface area contributed by atoms with Gasteiger partial charge in [0.25, 0.3) is 0 Å². The molecule has 0 saturated heterocycles. The van der Waals surface area contributed by atoms with E-state index in [4.69, 9.17) is 19.6 Å². The topological polar surface area (TPSA) is 126 Å². The van der Waals surface area contributed by atoms with Crippen LogP contribution >= 0.6 is 0 Å². The molecule has 1 aliphatic heterocycles. The summed E-state index contributed by atoms with van der Waals surface area (Å²) in [4.78, 5) is 27.9. The number of pyridine rings is 1. The molecule has 1 atom stereocenters. The van der Waals surface area contributed by atoms with Crippen LogP contribution in [0.2, 0.25) is 0 Å². The second kappa shape index (κ2) is 7.01. The monoisotopic (exact) mass is 359 g/mol. The predicted octanol–water partition coefficient (Wildman–Crippen LogP) is 0.592. The summed E-state index contributed by atoms with van der Waals surface area (Å²) >= 11 is 0. The number of esters is 1. The van der Waals surface area contributed by atoms with Crippen LogP contribution in [0.25, 0.3) is 0 Å². The van der Waals surface area contributed by atoms with E-state index in [1.54, 1.807) is 38.4 Å². The van der Waals surface area contributed by atoms with Crippen LogP contribution in [0.5, 0.6) is 5.75 Å². The first-order valence-corrected chi connectivity index (χ1v) is 8.04. The molecule has 0 spiro atoms. The van der Waals surface area contributed by atoms with Crippen molar-refractivity contribution >= 4 is 5.97 Å². The van der Waals surface area contributed by atoms with Crippen LogP contribution in [0.4, 0.5) is 0 Å². The van der Waals surface area contributed by atoms with Crippen LogP contribution in [-0.4, -0.2) is 17.2 Å². The van der Waals surface area contributed by atoms with E-state index < -0.39 is 23.9 Å². The summed E-state index contributed by atoms with van der Waals surface area (Å²) in [6.07, 6.45) is 2.98. The first-order valence-electron chi connectivity index (χ1n) is 8.04. The number of aliphatic hydroxyl groups excluding tert-OH is 1. The number of ether oxygens (including phenoxy) is 2. The highest BCUT2D eigenvalue weighted by Crippen LogP contribution is 2.41. The second-order valence-corrected chi connectivity index (χ2v) is 6.03. The Labute approximate surface area is 148 Å². The zero-order valence-corrected chi connectivity index (χ0v) is 14.3. The van der Waals surface area contributed by atoms with Crippen molar-refractivity contribution in [2.45, 2.75) is 32.5 Å². The molecule has 136 valence electrons. The number of carbonyl (C=O) groups excluding carboxylic acids is 1. The van der Waals surface area contributed by atoms with E-state index >= 15 is 0 Å². The number of carbonyl (C=O) groups is 1. The van der Waals surface area contributed by atoms with Crippen LogP contribution in [0, 0.1) is 0 Å². The quantitative estimate of drug-likeness (QED) is 0.765. The van der Waals surface area contributed by atoms with Gasteiger partial charge in [-0.3, -0.25) is 4.79 Å². The first-order chi connectivity index (χ1) is 12.4. The van der Waals surface area contributed by atoms with Gasteiger partial charge in [-0.15, -0.1) is 0 Å². The van der Waals surface area contributed by atoms with Gasteiger partial charge >= 0.3 is 5.97 Å². The second-order valence-electron chi connectivity index (χ2n) is 6.03. The highest BCUT2D eigenvalue weighted by molar-refractivity contribution is 5.92. The number of aromatic amines is 1. The maximum absolute atomic E-state index is 12.6. The summed E-state index contributed by atoms with van der Waals surface area (Å²) in [5.74, 6) is -1.68. The Morgan fingerprint density at radius 1 is 1.46 bits per heavy atom. The zero-order chi connectivity index (χ0) is 18.8. The molecule has 2 aromatic rings. The molecule has 0 aliphatic carbocycles. The zero-order valence-electron chi connectivity index (χ0n) is 14.3. The van der Waals surface area contributed by atoms with Gasteiger partial charge in [0.2, 0.25) is 17.1 Å². The molecule has 8 heteroatoms. The molecule has 0 saturated carbocycles. The van der Waals surface area contributed by atoms with Gasteiger partial charge < -0.3 is 24.7 Å². The van der Waals surface area contributed by atoms with Crippen molar-refractivity contribution in [3.63, 3.8) is 0 Å². The van der Waals surface area contributed by atoms with Gasteiger partial charge in [0.15, 0.2) is 18.2 Å². The minimum absolute atomic E-state index is 0.0315. The van der Waals surface area contributed by atoms with E-state index in [0.29, 0.717) is 5.56 Å². The molecule has 0 bridgehead atoms. The Bertz CT molecular complexity index is 917. The number of aromatic nitrogens is 1. The summed E-state index contributed by atoms with van der Waals surface area (Å²) in [7, 11) is 0. The molecular formula is C18H19N2O6+. The Kier molecular flexibility index (Phi) is 4.77. The molecule has 3 rings (SSSR count). The fourth-order valence-electron chi connectivity index (χ4n) is 2.76. The summed E-state index contributed by atoms with van der Waals surface area (Å²) < 4.78 is 16.3. The van der Waals surface area contributed by atoms with Gasteiger partial charge in [-0.2, -0.15) is 0 Å². The molecule has 8 nitrogen and oxygen atoms in total. The molecule has 0 aromatic carbocycles. The lowest BCUT2D eigenvalue weighted by atomic mass is 9.87. The number of hydrogen-bond acceptors (Lipinski definition) is 7. The van der Waals surface area contributed by atoms with E-state index in [1.165, 1.54) is 0 Å². The average molecular weight is 359 g/mol. The van der Waals surface area contributed by atoms with Crippen molar-refractivity contribution in [1.82, 2.24) is 0 Å². The normalized spacial score (nSPS) is 16.2. The molecule has 2 aromatic heterocycles. The third-order valence-electron chi connectivity index (χ3n) is 3.79. The van der Waals surface area contributed by atoms with Crippen LogP contribution in [0.15, 0.2) is 51.3 Å². The maximum atomic E-state index is 12.6. The van der Waals surface area contributed by atoms with Crippen LogP contribution in [-0.2, 0) is 16.1 Å². The van der Waals surface area contributed by atoms with Gasteiger partial charge in [0.1, 0.15) is 17.9 Å². The Balaban J connectivity index is 2.24. The number of hydrogen-bond donors (Lipinski definition) is 2. The molecule has 26 heavy (non-hydrogen) atoms. The van der Waals surface area contributed by atoms with E-state index in [2.05, 4.69) is 4.98 Å². The number of fused-ring (bicyclic) bond motifs is 1. The predicted molar refractivity (Wildman–Crippen MR) is 88.8 cm³/mol. The lowest BCUT2D eigenvalue weighted by Crippen LogP contribution is -2.31. The Morgan fingerprint density at radius 2 is 2.23 bits per heavy atom. The van der Waals surface area contributed by atoms with E-state index in [1.807, 2.05) is 0 Å². The van der Waals surface area contributed by atoms with Gasteiger partial charge in [-0.05, 0) is 19.9 Å². The molecule has 0 amide bonds. The summed E-state index contributed by atoms with van der Waals surface area (Å²) in [5.41, 5.74) is 6.10. The van der Waals surface area contributed by atoms with Crippen molar-refractivity contribution in [2.75, 3.05) is 0 Å². The Hall–Kier alpha value is -3.13. The van der Waals surface area contributed by atoms with Crippen LogP contribution < -0.4 is 20.9 Å². The SMILES string of the molecule is CC(C)OC(=O)C1=C(N)Oc2c(oc(CO)cc2=O)C1c1ccc[nH+]c1. The maximum Gasteiger partial charge on any atom is 0.340 e. The minimum atomic E-state index is -0.818. The third kappa shape index (κ3) is 3.18. The lowest BCUT2D eigenvalue weighted by Gasteiger charge is -2.26. The minimum Gasteiger partial charge on any atom is -0.459 e. The fraction of sp³-hybridized carbons (Fsp3) is 0.278. The summed E-state index contributed by atoms with van der Waals surface area (Å²) in [5, 5.41) is 9.36. The number of rotatable bonds is 4. The van der Waals surface area contributed by atoms with Crippen molar-refractivity contribution in [3.05, 3.63) is 69.4 Å². The summed E-state index contributed by atoms with van der Waals surface area (Å²) in [6.45, 7) is 2.95. The van der Waals surface area contributed by atoms with Crippen LogP contribution in [0.1, 0.15) is 36.8 Å². The average Bonchev–Trinajstić information content (AvgIpc) is 2.61. The van der Waals surface area contributed by atoms with E-state index in [0.717, 1.165) is 6.07 Å². The number of H-pyrrole nitrogens is 1. The largest absolute Gasteiger partial charge is 0.459 e. The van der Waals surface area contributed by atoms with Crippen molar-refractivity contribution < 1.29 is 28.8 Å². The van der Waals surface area contributed by atoms with Crippen LogP contribution in [0.3, 0.4) is 0 Å². The van der Waals surface area contributed by atoms with Gasteiger partial charge in [-0.25, -0.2) is 9.78 Å². The smallest absolute Gasteiger partial charge is 0.340 e. The fourth-order valence-corrected chi connectivity index (χ4v) is 2.76. The molecule has 4 N–H and O–H groups in total. The highest BCUT2D eigenvalue weighted by atomic mass is 16.5. The van der Waals surface area contributed by atoms with Crippen molar-refractivity contribution in [2.24, 2.45) is 5.73 Å². The van der Waals surface area contributed by atoms with Crippen molar-refractivity contribution in [3.8, 4) is 5.75 Å². The van der Waals surface area contributed by atoms with Crippen molar-refractivity contribution in [1.29, 1.82) is 0 Å². The standard InChI is InChI=1S/C18H18N2O6/c1-9(2)24-18(23)14-13(10-4-3-5-20-7-10)16-15(26-17(14)19)12(22)6-11(8-21)25-16/h3-7,9,13,21H,8,19H2,1-2H3/p+1. The van der Waals surface area contributed by atoms with E-state index in [9.17, 15) is 14.7 Å². The molecule has 0 fully saturated rings. The highest BCUT2D eigenvalue weighted by Gasteiger charge is 2.40. The number of nitrogens with one attached hydrogen (secondary N) is 1. The third-order valence-corrected chi connectivity index (χ3v) is 3.79. The molecule has 1 aliphatic rings. The van der Waals surface area contributed by atoms with Gasteiger partial charge in [0, 0.05) is 17.7 Å². The molecule has 0 radical (unpaired) electrons. The first kappa shape index (κ1) is 17.7. The lowest BCUT2D eigenvalue weighted by molar-refractivity contribution is -0.378. The molecular weight excluding hydrogens is 340 g/mol. The summed E-state index contributed by atoms with van der Waals surface area (Å²) in [6, 6.07) is 4.61. The molecule has 1 unspecified atom stereocenters. The van der Waals surface area contributed by atoms with Gasteiger partial charge in [-0.1, -0.05) is 0 Å². The number of aliphatic hydroxyl groups is 1. The van der Waals surface area contributed by atoms with E-state index in [-0.39, 0.29) is 34.8 Å².